The van der Waals surface area contributed by atoms with Crippen LogP contribution in [0.25, 0.3) is 0 Å². The van der Waals surface area contributed by atoms with Gasteiger partial charge in [-0.05, 0) is 55.3 Å². The molecule has 0 heterocycles. The first-order chi connectivity index (χ1) is 10.7. The van der Waals surface area contributed by atoms with Crippen molar-refractivity contribution in [2.45, 2.75) is 26.3 Å². The van der Waals surface area contributed by atoms with Gasteiger partial charge in [-0.3, -0.25) is 0 Å². The Bertz CT molecular complexity index is 509. The fourth-order valence-corrected chi connectivity index (χ4v) is 2.82. The standard InChI is InChI=1S/C19H25NO2/c1-5-19(15-7-11-17(21-3)12-8-15)20(6-2)16-9-13-18(22-4)14-10-16/h7-14,19H,5-6H2,1-4H3. The van der Waals surface area contributed by atoms with E-state index in [-0.39, 0.29) is 0 Å². The molecule has 2 rings (SSSR count). The molecule has 0 bridgehead atoms. The Morgan fingerprint density at radius 3 is 1.73 bits per heavy atom. The van der Waals surface area contributed by atoms with Crippen molar-refractivity contribution in [1.29, 1.82) is 0 Å². The van der Waals surface area contributed by atoms with Gasteiger partial charge in [0.15, 0.2) is 0 Å². The minimum absolute atomic E-state index is 0.351. The van der Waals surface area contributed by atoms with Gasteiger partial charge in [0, 0.05) is 12.2 Å². The zero-order chi connectivity index (χ0) is 15.9. The smallest absolute Gasteiger partial charge is 0.119 e. The fourth-order valence-electron chi connectivity index (χ4n) is 2.82. The van der Waals surface area contributed by atoms with E-state index in [0.29, 0.717) is 6.04 Å². The van der Waals surface area contributed by atoms with Crippen molar-refractivity contribution in [3.05, 3.63) is 54.1 Å². The van der Waals surface area contributed by atoms with Crippen LogP contribution in [0.2, 0.25) is 0 Å². The van der Waals surface area contributed by atoms with Crippen LogP contribution in [0.3, 0.4) is 0 Å². The Hall–Kier alpha value is -2.16. The summed E-state index contributed by atoms with van der Waals surface area (Å²) in [6.45, 7) is 5.37. The average Bonchev–Trinajstić information content (AvgIpc) is 2.60. The molecule has 0 saturated carbocycles. The third kappa shape index (κ3) is 3.53. The Morgan fingerprint density at radius 2 is 1.32 bits per heavy atom. The molecule has 0 saturated heterocycles. The van der Waals surface area contributed by atoms with Crippen LogP contribution in [-0.2, 0) is 0 Å². The van der Waals surface area contributed by atoms with Gasteiger partial charge in [0.05, 0.1) is 20.3 Å². The van der Waals surface area contributed by atoms with Gasteiger partial charge in [-0.1, -0.05) is 19.1 Å². The molecule has 2 aromatic rings. The summed E-state index contributed by atoms with van der Waals surface area (Å²) >= 11 is 0. The quantitative estimate of drug-likeness (QED) is 0.741. The number of benzene rings is 2. The minimum Gasteiger partial charge on any atom is -0.497 e. The number of hydrogen-bond acceptors (Lipinski definition) is 3. The van der Waals surface area contributed by atoms with Gasteiger partial charge in [0.2, 0.25) is 0 Å². The average molecular weight is 299 g/mol. The van der Waals surface area contributed by atoms with Crippen molar-refractivity contribution in [2.24, 2.45) is 0 Å². The number of nitrogens with zero attached hydrogens (tertiary/aromatic N) is 1. The van der Waals surface area contributed by atoms with Gasteiger partial charge in [-0.2, -0.15) is 0 Å². The Labute approximate surface area is 133 Å². The van der Waals surface area contributed by atoms with Crippen LogP contribution in [-0.4, -0.2) is 20.8 Å². The van der Waals surface area contributed by atoms with E-state index in [2.05, 4.69) is 43.0 Å². The van der Waals surface area contributed by atoms with E-state index in [1.54, 1.807) is 14.2 Å². The van der Waals surface area contributed by atoms with Crippen molar-refractivity contribution in [3.8, 4) is 11.5 Å². The predicted octanol–water partition coefficient (Wildman–Crippen LogP) is 4.68. The van der Waals surface area contributed by atoms with Crippen LogP contribution in [0.1, 0.15) is 31.9 Å². The molecule has 2 aromatic carbocycles. The van der Waals surface area contributed by atoms with Crippen LogP contribution < -0.4 is 14.4 Å². The maximum atomic E-state index is 5.25. The van der Waals surface area contributed by atoms with Crippen LogP contribution in [0, 0.1) is 0 Å². The van der Waals surface area contributed by atoms with Crippen molar-refractivity contribution >= 4 is 5.69 Å². The van der Waals surface area contributed by atoms with Crippen molar-refractivity contribution in [3.63, 3.8) is 0 Å². The molecule has 3 heteroatoms. The Morgan fingerprint density at radius 1 is 0.818 bits per heavy atom. The summed E-state index contributed by atoms with van der Waals surface area (Å²) in [5.41, 5.74) is 2.52. The highest BCUT2D eigenvalue weighted by Gasteiger charge is 2.18. The van der Waals surface area contributed by atoms with Crippen molar-refractivity contribution in [1.82, 2.24) is 0 Å². The lowest BCUT2D eigenvalue weighted by molar-refractivity contribution is 0.414. The topological polar surface area (TPSA) is 21.7 Å². The summed E-state index contributed by atoms with van der Waals surface area (Å²) < 4.78 is 10.5. The van der Waals surface area contributed by atoms with Gasteiger partial charge in [0.25, 0.3) is 0 Å². The molecule has 0 aromatic heterocycles. The van der Waals surface area contributed by atoms with Crippen LogP contribution in [0.15, 0.2) is 48.5 Å². The largest absolute Gasteiger partial charge is 0.497 e. The lowest BCUT2D eigenvalue weighted by atomic mass is 10.0. The second-order valence-electron chi connectivity index (χ2n) is 5.18. The first-order valence-electron chi connectivity index (χ1n) is 7.78. The van der Waals surface area contributed by atoms with Crippen LogP contribution >= 0.6 is 0 Å². The molecule has 0 aliphatic rings. The number of methoxy groups -OCH3 is 2. The molecule has 0 radical (unpaired) electrons. The van der Waals surface area contributed by atoms with Crippen molar-refractivity contribution < 1.29 is 9.47 Å². The fraction of sp³-hybridized carbons (Fsp3) is 0.368. The molecule has 118 valence electrons. The monoisotopic (exact) mass is 299 g/mol. The van der Waals surface area contributed by atoms with Crippen LogP contribution in [0.4, 0.5) is 5.69 Å². The maximum Gasteiger partial charge on any atom is 0.119 e. The zero-order valence-corrected chi connectivity index (χ0v) is 13.9. The SMILES string of the molecule is CCC(c1ccc(OC)cc1)N(CC)c1ccc(OC)cc1. The van der Waals surface area contributed by atoms with Gasteiger partial charge in [0.1, 0.15) is 11.5 Å². The second-order valence-corrected chi connectivity index (χ2v) is 5.18. The van der Waals surface area contributed by atoms with E-state index in [0.717, 1.165) is 24.5 Å². The van der Waals surface area contributed by atoms with Gasteiger partial charge in [-0.25, -0.2) is 0 Å². The lowest BCUT2D eigenvalue weighted by Crippen LogP contribution is -2.28. The first-order valence-corrected chi connectivity index (χ1v) is 7.78. The molecule has 0 N–H and O–H groups in total. The van der Waals surface area contributed by atoms with E-state index in [9.17, 15) is 0 Å². The summed E-state index contributed by atoms with van der Waals surface area (Å²) in [4.78, 5) is 2.42. The molecule has 0 amide bonds. The molecule has 0 spiro atoms. The van der Waals surface area contributed by atoms with E-state index < -0.39 is 0 Å². The molecular formula is C19H25NO2. The Balaban J connectivity index is 2.28. The molecule has 0 fully saturated rings. The van der Waals surface area contributed by atoms with E-state index in [1.807, 2.05) is 24.3 Å². The number of rotatable bonds is 7. The third-order valence-electron chi connectivity index (χ3n) is 4.01. The molecule has 3 nitrogen and oxygen atoms in total. The normalized spacial score (nSPS) is 11.8. The maximum absolute atomic E-state index is 5.25. The molecule has 0 aliphatic carbocycles. The molecule has 1 unspecified atom stereocenters. The molecular weight excluding hydrogens is 274 g/mol. The third-order valence-corrected chi connectivity index (χ3v) is 4.01. The number of anilines is 1. The Kier molecular flexibility index (Phi) is 5.70. The zero-order valence-electron chi connectivity index (χ0n) is 13.9. The highest BCUT2D eigenvalue weighted by atomic mass is 16.5. The van der Waals surface area contributed by atoms with Crippen molar-refractivity contribution in [2.75, 3.05) is 25.7 Å². The first kappa shape index (κ1) is 16.2. The lowest BCUT2D eigenvalue weighted by Gasteiger charge is -2.33. The summed E-state index contributed by atoms with van der Waals surface area (Å²) in [6.07, 6.45) is 1.05. The highest BCUT2D eigenvalue weighted by Crippen LogP contribution is 2.31. The molecule has 0 aliphatic heterocycles. The van der Waals surface area contributed by atoms with E-state index in [4.69, 9.17) is 9.47 Å². The van der Waals surface area contributed by atoms with Gasteiger partial charge < -0.3 is 14.4 Å². The summed E-state index contributed by atoms with van der Waals surface area (Å²) in [6, 6.07) is 17.0. The van der Waals surface area contributed by atoms with Crippen LogP contribution in [0.5, 0.6) is 11.5 Å². The molecule has 1 atom stereocenters. The summed E-state index contributed by atoms with van der Waals surface area (Å²) in [7, 11) is 3.39. The van der Waals surface area contributed by atoms with Gasteiger partial charge in [-0.15, -0.1) is 0 Å². The summed E-state index contributed by atoms with van der Waals surface area (Å²) in [5.74, 6) is 1.78. The minimum atomic E-state index is 0.351. The van der Waals surface area contributed by atoms with Gasteiger partial charge >= 0.3 is 0 Å². The number of hydrogen-bond donors (Lipinski definition) is 0. The van der Waals surface area contributed by atoms with E-state index >= 15 is 0 Å². The molecule has 22 heavy (non-hydrogen) atoms. The summed E-state index contributed by atoms with van der Waals surface area (Å²) in [5, 5.41) is 0. The predicted molar refractivity (Wildman–Crippen MR) is 92.0 cm³/mol. The highest BCUT2D eigenvalue weighted by molar-refractivity contribution is 5.51. The second kappa shape index (κ2) is 7.74. The van der Waals surface area contributed by atoms with E-state index in [1.165, 1.54) is 11.3 Å². The number of ether oxygens (including phenoxy) is 2.